The Morgan fingerprint density at radius 1 is 1.07 bits per heavy atom. The number of amides is 1. The van der Waals surface area contributed by atoms with Crippen LogP contribution in [0, 0.1) is 5.82 Å². The number of benzene rings is 2. The Morgan fingerprint density at radius 3 is 2.34 bits per heavy atom. The zero-order valence-corrected chi connectivity index (χ0v) is 16.6. The number of carbonyl (C=O) groups is 1. The van der Waals surface area contributed by atoms with Crippen LogP contribution in [0.2, 0.25) is 0 Å². The van der Waals surface area contributed by atoms with E-state index >= 15 is 0 Å². The molecule has 0 unspecified atom stereocenters. The highest BCUT2D eigenvalue weighted by atomic mass is 32.1. The van der Waals surface area contributed by atoms with Gasteiger partial charge in [-0.15, -0.1) is 0 Å². The van der Waals surface area contributed by atoms with Crippen molar-refractivity contribution in [2.45, 2.75) is 12.6 Å². The van der Waals surface area contributed by atoms with Gasteiger partial charge in [-0.1, -0.05) is 17.4 Å². The molecule has 0 aliphatic rings. The lowest BCUT2D eigenvalue weighted by molar-refractivity contribution is -0.137. The second-order valence-electron chi connectivity index (χ2n) is 6.77. The van der Waals surface area contributed by atoms with E-state index in [2.05, 4.69) is 4.98 Å². The minimum absolute atomic E-state index is 0.114. The van der Waals surface area contributed by atoms with Crippen molar-refractivity contribution < 1.29 is 22.4 Å². The minimum atomic E-state index is -4.47. The molecule has 4 nitrogen and oxygen atoms in total. The number of rotatable bonds is 6. The minimum Gasteiger partial charge on any atom is -0.309 e. The lowest BCUT2D eigenvalue weighted by atomic mass is 10.1. The van der Waals surface area contributed by atoms with Crippen LogP contribution in [0.4, 0.5) is 22.7 Å². The van der Waals surface area contributed by atoms with Gasteiger partial charge in [0.25, 0.3) is 5.91 Å². The summed E-state index contributed by atoms with van der Waals surface area (Å²) in [5.74, 6) is -0.961. The monoisotopic (exact) mass is 425 g/mol. The first kappa shape index (κ1) is 21.2. The molecule has 0 saturated heterocycles. The molecule has 0 atom stereocenters. The highest BCUT2D eigenvalue weighted by Crippen LogP contribution is 2.32. The predicted octanol–water partition coefficient (Wildman–Crippen LogP) is 5.05. The maximum absolute atomic E-state index is 14.0. The average Bonchev–Trinajstić information content (AvgIpc) is 3.09. The first-order valence-corrected chi connectivity index (χ1v) is 9.67. The number of hydrogen-bond donors (Lipinski definition) is 0. The third kappa shape index (κ3) is 4.91. The van der Waals surface area contributed by atoms with Crippen molar-refractivity contribution in [2.24, 2.45) is 0 Å². The number of para-hydroxylation sites is 1. The van der Waals surface area contributed by atoms with Crippen LogP contribution in [0.15, 0.2) is 42.5 Å². The highest BCUT2D eigenvalue weighted by molar-refractivity contribution is 7.22. The molecule has 3 rings (SSSR count). The van der Waals surface area contributed by atoms with Crippen LogP contribution in [0.25, 0.3) is 10.2 Å². The van der Waals surface area contributed by atoms with E-state index in [9.17, 15) is 22.4 Å². The number of hydrogen-bond acceptors (Lipinski definition) is 4. The van der Waals surface area contributed by atoms with Crippen LogP contribution >= 0.6 is 11.3 Å². The van der Waals surface area contributed by atoms with Gasteiger partial charge in [0, 0.05) is 12.1 Å². The van der Waals surface area contributed by atoms with Gasteiger partial charge in [-0.2, -0.15) is 13.2 Å². The lowest BCUT2D eigenvalue weighted by Crippen LogP contribution is -2.33. The van der Waals surface area contributed by atoms with E-state index in [1.807, 2.05) is 19.0 Å². The second-order valence-corrected chi connectivity index (χ2v) is 7.78. The number of anilines is 1. The molecule has 1 aromatic heterocycles. The van der Waals surface area contributed by atoms with Gasteiger partial charge in [-0.3, -0.25) is 9.69 Å². The van der Waals surface area contributed by atoms with E-state index in [1.54, 1.807) is 12.1 Å². The fourth-order valence-corrected chi connectivity index (χ4v) is 3.81. The van der Waals surface area contributed by atoms with Crippen LogP contribution in [-0.2, 0) is 6.18 Å². The molecule has 0 aliphatic carbocycles. The van der Waals surface area contributed by atoms with E-state index in [0.717, 1.165) is 24.3 Å². The fraction of sp³-hybridized carbons (Fsp3) is 0.300. The molecule has 0 bridgehead atoms. The molecule has 29 heavy (non-hydrogen) atoms. The van der Waals surface area contributed by atoms with Crippen molar-refractivity contribution in [3.63, 3.8) is 0 Å². The maximum Gasteiger partial charge on any atom is 0.416 e. The Morgan fingerprint density at radius 2 is 1.76 bits per heavy atom. The van der Waals surface area contributed by atoms with Crippen molar-refractivity contribution >= 4 is 32.6 Å². The summed E-state index contributed by atoms with van der Waals surface area (Å²) in [4.78, 5) is 20.7. The molecule has 154 valence electrons. The summed E-state index contributed by atoms with van der Waals surface area (Å²) in [5.41, 5.74) is -0.539. The maximum atomic E-state index is 14.0. The van der Waals surface area contributed by atoms with Crippen LogP contribution in [0.5, 0.6) is 0 Å². The zero-order chi connectivity index (χ0) is 21.2. The van der Waals surface area contributed by atoms with Crippen LogP contribution in [-0.4, -0.2) is 43.0 Å². The van der Waals surface area contributed by atoms with Gasteiger partial charge in [0.1, 0.15) is 11.3 Å². The van der Waals surface area contributed by atoms with Gasteiger partial charge in [-0.25, -0.2) is 9.37 Å². The van der Waals surface area contributed by atoms with Crippen molar-refractivity contribution in [3.8, 4) is 0 Å². The molecule has 0 fully saturated rings. The Labute approximate surface area is 169 Å². The van der Waals surface area contributed by atoms with Crippen LogP contribution in [0.1, 0.15) is 22.3 Å². The molecule has 9 heteroatoms. The largest absolute Gasteiger partial charge is 0.416 e. The smallest absolute Gasteiger partial charge is 0.309 e. The first-order chi connectivity index (χ1) is 13.7. The summed E-state index contributed by atoms with van der Waals surface area (Å²) >= 11 is 1.17. The van der Waals surface area contributed by atoms with Crippen molar-refractivity contribution in [2.75, 3.05) is 32.1 Å². The van der Waals surface area contributed by atoms with Gasteiger partial charge in [-0.05, 0) is 63.5 Å². The third-order valence-electron chi connectivity index (χ3n) is 4.28. The summed E-state index contributed by atoms with van der Waals surface area (Å²) in [6, 6.07) is 8.62. The molecule has 2 aromatic carbocycles. The third-order valence-corrected chi connectivity index (χ3v) is 5.32. The fourth-order valence-electron chi connectivity index (χ4n) is 2.81. The van der Waals surface area contributed by atoms with Gasteiger partial charge in [0.2, 0.25) is 0 Å². The standard InChI is InChI=1S/C20H19F4N3OS/c1-26(2)11-4-12-27(19-25-17-15(21)5-3-6-16(17)29-19)18(28)13-7-9-14(10-8-13)20(22,23)24/h3,5-10H,4,11-12H2,1-2H3. The average molecular weight is 425 g/mol. The number of aromatic nitrogens is 1. The van der Waals surface area contributed by atoms with E-state index < -0.39 is 23.5 Å². The number of alkyl halides is 3. The zero-order valence-electron chi connectivity index (χ0n) is 15.8. The van der Waals surface area contributed by atoms with E-state index in [4.69, 9.17) is 0 Å². The van der Waals surface area contributed by atoms with Gasteiger partial charge >= 0.3 is 6.18 Å². The molecule has 1 amide bonds. The molecule has 0 spiro atoms. The van der Waals surface area contributed by atoms with E-state index in [1.165, 1.54) is 22.3 Å². The highest BCUT2D eigenvalue weighted by Gasteiger charge is 2.30. The van der Waals surface area contributed by atoms with Crippen molar-refractivity contribution in [3.05, 3.63) is 59.4 Å². The molecule has 0 aliphatic heterocycles. The number of carbonyl (C=O) groups excluding carboxylic acids is 1. The van der Waals surface area contributed by atoms with Crippen LogP contribution < -0.4 is 4.90 Å². The Bertz CT molecular complexity index is 999. The predicted molar refractivity (Wildman–Crippen MR) is 106 cm³/mol. The van der Waals surface area contributed by atoms with Crippen molar-refractivity contribution in [1.82, 2.24) is 9.88 Å². The summed E-state index contributed by atoms with van der Waals surface area (Å²) in [5, 5.41) is 0.314. The molecule has 0 N–H and O–H groups in total. The SMILES string of the molecule is CN(C)CCCN(C(=O)c1ccc(C(F)(F)F)cc1)c1nc2c(F)cccc2s1. The first-order valence-electron chi connectivity index (χ1n) is 8.85. The lowest BCUT2D eigenvalue weighted by Gasteiger charge is -2.21. The molecular weight excluding hydrogens is 406 g/mol. The summed E-state index contributed by atoms with van der Waals surface area (Å²) in [7, 11) is 3.80. The van der Waals surface area contributed by atoms with E-state index in [-0.39, 0.29) is 11.1 Å². The Balaban J connectivity index is 1.93. The van der Waals surface area contributed by atoms with Gasteiger partial charge in [0.15, 0.2) is 5.13 Å². The topological polar surface area (TPSA) is 36.4 Å². The number of nitrogens with zero attached hydrogens (tertiary/aromatic N) is 3. The molecule has 3 aromatic rings. The van der Waals surface area contributed by atoms with Crippen LogP contribution in [0.3, 0.4) is 0 Å². The number of thiazole rings is 1. The Hall–Kier alpha value is -2.52. The van der Waals surface area contributed by atoms with Gasteiger partial charge < -0.3 is 4.90 Å². The molecule has 0 radical (unpaired) electrons. The van der Waals surface area contributed by atoms with Crippen molar-refractivity contribution in [1.29, 1.82) is 0 Å². The quantitative estimate of drug-likeness (QED) is 0.519. The van der Waals surface area contributed by atoms with Gasteiger partial charge in [0.05, 0.1) is 10.3 Å². The number of fused-ring (bicyclic) bond motifs is 1. The summed E-state index contributed by atoms with van der Waals surface area (Å²) in [6.07, 6.45) is -3.85. The second kappa shape index (κ2) is 8.46. The van der Waals surface area contributed by atoms with E-state index in [0.29, 0.717) is 29.3 Å². The molecule has 1 heterocycles. The Kier molecular flexibility index (Phi) is 6.18. The molecule has 0 saturated carbocycles. The summed E-state index contributed by atoms with van der Waals surface area (Å²) in [6.45, 7) is 1.01. The number of halogens is 4. The summed E-state index contributed by atoms with van der Waals surface area (Å²) < 4.78 is 53.0. The molecular formula is C20H19F4N3OS. The normalized spacial score (nSPS) is 12.0.